The average molecular weight is 681 g/mol. The fraction of sp³-hybridized carbons (Fsp3) is 0.697. The van der Waals surface area contributed by atoms with Crippen molar-refractivity contribution in [2.45, 2.75) is 122 Å². The molecule has 10 atom stereocenters. The SMILES string of the molecule is CC[C@@H](C)C(=O)O[C@@H]1[C@H](OC(C)=O)[C@H](OC(C)=O)[C@@]2(COC(C)=O)[C@@H](OC(=O)c3ccoc3)C[C@@H]3[C@@H](OC(C)=O)[C@]2(OC3(C)C)[C@@]1(C)O. The summed E-state index contributed by atoms with van der Waals surface area (Å²) in [4.78, 5) is 78.0. The minimum atomic E-state index is -2.50. The molecular weight excluding hydrogens is 636 g/mol. The van der Waals surface area contributed by atoms with Crippen LogP contribution >= 0.6 is 0 Å². The molecule has 4 rings (SSSR count). The number of furan rings is 1. The molecule has 1 aromatic rings. The molecule has 15 heteroatoms. The van der Waals surface area contributed by atoms with Gasteiger partial charge in [-0.15, -0.1) is 0 Å². The second-order valence-electron chi connectivity index (χ2n) is 13.5. The van der Waals surface area contributed by atoms with E-state index in [1.54, 1.807) is 27.7 Å². The lowest BCUT2D eigenvalue weighted by molar-refractivity contribution is -0.379. The molecule has 1 aliphatic heterocycles. The predicted octanol–water partition coefficient (Wildman–Crippen LogP) is 2.44. The lowest BCUT2D eigenvalue weighted by Crippen LogP contribution is -2.87. The van der Waals surface area contributed by atoms with Crippen molar-refractivity contribution in [2.75, 3.05) is 6.61 Å². The van der Waals surface area contributed by atoms with Crippen LogP contribution < -0.4 is 0 Å². The van der Waals surface area contributed by atoms with Crippen LogP contribution in [0.15, 0.2) is 23.0 Å². The van der Waals surface area contributed by atoms with Gasteiger partial charge < -0.3 is 42.7 Å². The van der Waals surface area contributed by atoms with Gasteiger partial charge in [0.15, 0.2) is 23.9 Å². The van der Waals surface area contributed by atoms with Crippen LogP contribution in [-0.2, 0) is 57.1 Å². The highest BCUT2D eigenvalue weighted by Gasteiger charge is 2.89. The summed E-state index contributed by atoms with van der Waals surface area (Å²) in [6.07, 6.45) is -5.67. The standard InChI is InChI=1S/C33H44O15/c1-10-16(2)28(38)47-26-24(43-18(4)35)27(45-20(6)37)32(15-42-17(3)34)23(46-29(39)21-11-12-41-14-21)13-22-25(44-19(5)36)33(32,31(26,9)40)48-30(22,7)8/h11-12,14,16,22-27,40H,10,13,15H2,1-9H3/t16-,22-,23+,24+,25-,26-,27+,31+,32-,33+/m1/s1. The van der Waals surface area contributed by atoms with Gasteiger partial charge >= 0.3 is 35.8 Å². The summed E-state index contributed by atoms with van der Waals surface area (Å²) in [5, 5.41) is 13.0. The zero-order valence-corrected chi connectivity index (χ0v) is 28.6. The molecule has 15 nitrogen and oxygen atoms in total. The lowest BCUT2D eigenvalue weighted by Gasteiger charge is -2.67. The summed E-state index contributed by atoms with van der Waals surface area (Å²) in [6.45, 7) is 11.5. The molecule has 266 valence electrons. The zero-order chi connectivity index (χ0) is 36.0. The van der Waals surface area contributed by atoms with E-state index < -0.39 is 107 Å². The maximum absolute atomic E-state index is 13.6. The molecule has 2 aliphatic carbocycles. The minimum absolute atomic E-state index is 0.00447. The molecule has 1 aromatic heterocycles. The number of ether oxygens (including phenoxy) is 7. The van der Waals surface area contributed by atoms with Gasteiger partial charge in [-0.2, -0.15) is 0 Å². The minimum Gasteiger partial charge on any atom is -0.472 e. The third kappa shape index (κ3) is 5.95. The highest BCUT2D eigenvalue weighted by molar-refractivity contribution is 5.89. The second kappa shape index (κ2) is 13.1. The number of hydrogen-bond acceptors (Lipinski definition) is 15. The molecule has 1 spiro atoms. The lowest BCUT2D eigenvalue weighted by atomic mass is 9.45. The number of fused-ring (bicyclic) bond motifs is 1. The summed E-state index contributed by atoms with van der Waals surface area (Å²) >= 11 is 0. The maximum Gasteiger partial charge on any atom is 0.341 e. The van der Waals surface area contributed by atoms with Crippen molar-refractivity contribution >= 4 is 35.8 Å². The summed E-state index contributed by atoms with van der Waals surface area (Å²) in [7, 11) is 0. The normalized spacial score (nSPS) is 35.3. The molecule has 0 amide bonds. The number of hydrogen-bond donors (Lipinski definition) is 1. The van der Waals surface area contributed by atoms with Crippen molar-refractivity contribution in [3.8, 4) is 0 Å². The molecule has 0 aromatic carbocycles. The van der Waals surface area contributed by atoms with E-state index in [0.29, 0.717) is 6.42 Å². The Kier molecular flexibility index (Phi) is 10.1. The topological polar surface area (TPSA) is 200 Å². The monoisotopic (exact) mass is 680 g/mol. The Morgan fingerprint density at radius 1 is 0.875 bits per heavy atom. The molecule has 3 aliphatic rings. The van der Waals surface area contributed by atoms with Crippen LogP contribution in [-0.4, -0.2) is 94.9 Å². The Hall–Kier alpha value is -3.98. The van der Waals surface area contributed by atoms with Gasteiger partial charge in [0.05, 0.1) is 23.3 Å². The summed E-state index contributed by atoms with van der Waals surface area (Å²) < 4.78 is 47.2. The van der Waals surface area contributed by atoms with E-state index in [4.69, 9.17) is 37.6 Å². The van der Waals surface area contributed by atoms with E-state index in [-0.39, 0.29) is 12.0 Å². The molecule has 0 unspecified atom stereocenters. The van der Waals surface area contributed by atoms with Gasteiger partial charge in [0, 0.05) is 33.6 Å². The van der Waals surface area contributed by atoms with Crippen LogP contribution in [0.4, 0.5) is 0 Å². The zero-order valence-electron chi connectivity index (χ0n) is 28.6. The van der Waals surface area contributed by atoms with Gasteiger partial charge in [-0.3, -0.25) is 24.0 Å². The van der Waals surface area contributed by atoms with Crippen molar-refractivity contribution in [3.05, 3.63) is 24.2 Å². The van der Waals surface area contributed by atoms with Crippen LogP contribution in [0.5, 0.6) is 0 Å². The van der Waals surface area contributed by atoms with E-state index >= 15 is 0 Å². The summed E-state index contributed by atoms with van der Waals surface area (Å²) in [6, 6.07) is 1.35. The van der Waals surface area contributed by atoms with E-state index in [2.05, 4.69) is 0 Å². The predicted molar refractivity (Wildman–Crippen MR) is 160 cm³/mol. The number of esters is 6. The van der Waals surface area contributed by atoms with Gasteiger partial charge in [0.25, 0.3) is 0 Å². The van der Waals surface area contributed by atoms with Crippen molar-refractivity contribution in [1.82, 2.24) is 0 Å². The van der Waals surface area contributed by atoms with Crippen LogP contribution in [0.25, 0.3) is 0 Å². The first kappa shape index (κ1) is 36.8. The van der Waals surface area contributed by atoms with E-state index in [9.17, 15) is 33.9 Å². The van der Waals surface area contributed by atoms with Crippen LogP contribution in [0.1, 0.15) is 85.5 Å². The maximum atomic E-state index is 13.6. The molecule has 1 N–H and O–H groups in total. The Labute approximate surface area is 277 Å². The molecule has 2 heterocycles. The number of carbonyl (C=O) groups excluding carboxylic acids is 6. The van der Waals surface area contributed by atoms with Crippen molar-refractivity contribution in [2.24, 2.45) is 17.3 Å². The Balaban J connectivity index is 2.14. The van der Waals surface area contributed by atoms with Crippen molar-refractivity contribution < 1.29 is 71.4 Å². The fourth-order valence-electron chi connectivity index (χ4n) is 7.72. The third-order valence-electron chi connectivity index (χ3n) is 9.89. The van der Waals surface area contributed by atoms with Gasteiger partial charge in [-0.05, 0) is 39.7 Å². The summed E-state index contributed by atoms with van der Waals surface area (Å²) in [5.74, 6) is -6.63. The molecule has 0 radical (unpaired) electrons. The average Bonchev–Trinajstić information content (AvgIpc) is 3.57. The van der Waals surface area contributed by atoms with Crippen LogP contribution in [0.2, 0.25) is 0 Å². The van der Waals surface area contributed by atoms with E-state index in [0.717, 1.165) is 34.0 Å². The molecule has 3 fully saturated rings. The molecule has 2 bridgehead atoms. The first-order valence-corrected chi connectivity index (χ1v) is 15.8. The van der Waals surface area contributed by atoms with Crippen molar-refractivity contribution in [1.29, 1.82) is 0 Å². The van der Waals surface area contributed by atoms with Crippen LogP contribution in [0.3, 0.4) is 0 Å². The van der Waals surface area contributed by atoms with Crippen molar-refractivity contribution in [3.63, 3.8) is 0 Å². The summed E-state index contributed by atoms with van der Waals surface area (Å²) in [5.41, 5.74) is -8.28. The Morgan fingerprint density at radius 2 is 1.48 bits per heavy atom. The Bertz CT molecular complexity index is 1430. The third-order valence-corrected chi connectivity index (χ3v) is 9.89. The first-order valence-electron chi connectivity index (χ1n) is 15.8. The van der Waals surface area contributed by atoms with Gasteiger partial charge in [-0.1, -0.05) is 13.8 Å². The van der Waals surface area contributed by atoms with E-state index in [1.165, 1.54) is 19.3 Å². The second-order valence-corrected chi connectivity index (χ2v) is 13.5. The highest BCUT2D eigenvalue weighted by Crippen LogP contribution is 2.69. The first-order chi connectivity index (χ1) is 22.3. The number of rotatable bonds is 10. The largest absolute Gasteiger partial charge is 0.472 e. The highest BCUT2D eigenvalue weighted by atomic mass is 16.7. The van der Waals surface area contributed by atoms with Gasteiger partial charge in [-0.25, -0.2) is 4.79 Å². The molecule has 2 saturated carbocycles. The smallest absolute Gasteiger partial charge is 0.341 e. The van der Waals surface area contributed by atoms with Gasteiger partial charge in [0.1, 0.15) is 36.1 Å². The fourth-order valence-corrected chi connectivity index (χ4v) is 7.72. The number of aliphatic hydroxyl groups is 1. The number of carbonyl (C=O) groups is 6. The van der Waals surface area contributed by atoms with Gasteiger partial charge in [0.2, 0.25) is 0 Å². The quantitative estimate of drug-likeness (QED) is 0.279. The molecular formula is C33H44O15. The van der Waals surface area contributed by atoms with E-state index in [1.807, 2.05) is 0 Å². The Morgan fingerprint density at radius 3 is 2.00 bits per heavy atom. The molecule has 48 heavy (non-hydrogen) atoms. The molecule has 1 saturated heterocycles. The van der Waals surface area contributed by atoms with Crippen LogP contribution in [0, 0.1) is 17.3 Å².